The van der Waals surface area contributed by atoms with Crippen molar-refractivity contribution in [3.8, 4) is 0 Å². The molecule has 1 N–H and O–H groups in total. The lowest BCUT2D eigenvalue weighted by molar-refractivity contribution is 0.414. The molecule has 0 saturated carbocycles. The van der Waals surface area contributed by atoms with Crippen LogP contribution in [-0.4, -0.2) is 13.1 Å². The van der Waals surface area contributed by atoms with Crippen LogP contribution in [0.1, 0.15) is 52.9 Å². The van der Waals surface area contributed by atoms with Gasteiger partial charge in [-0.15, -0.1) is 0 Å². The van der Waals surface area contributed by atoms with E-state index in [-0.39, 0.29) is 0 Å². The average Bonchev–Trinajstić information content (AvgIpc) is 2.10. The lowest BCUT2D eigenvalue weighted by atomic mass is 9.95. The number of hydrogen-bond donors (Lipinski definition) is 1. The third kappa shape index (κ3) is 6.66. The number of rotatable bonds is 8. The van der Waals surface area contributed by atoms with Crippen LogP contribution < -0.4 is 5.32 Å². The Morgan fingerprint density at radius 1 is 1.08 bits per heavy atom. The monoisotopic (exact) mass is 171 g/mol. The minimum Gasteiger partial charge on any atom is -0.317 e. The summed E-state index contributed by atoms with van der Waals surface area (Å²) in [4.78, 5) is 0. The van der Waals surface area contributed by atoms with Crippen LogP contribution >= 0.6 is 0 Å². The summed E-state index contributed by atoms with van der Waals surface area (Å²) in [5.41, 5.74) is 0. The Bertz CT molecular complexity index is 81.1. The molecule has 0 saturated heterocycles. The van der Waals surface area contributed by atoms with Gasteiger partial charge < -0.3 is 5.32 Å². The van der Waals surface area contributed by atoms with E-state index in [1.165, 1.54) is 38.6 Å². The Balaban J connectivity index is 3.19. The molecule has 74 valence electrons. The van der Waals surface area contributed by atoms with E-state index in [0.29, 0.717) is 0 Å². The summed E-state index contributed by atoms with van der Waals surface area (Å²) in [6.45, 7) is 9.09. The Hall–Kier alpha value is -0.0400. The maximum atomic E-state index is 3.37. The van der Waals surface area contributed by atoms with E-state index in [1.807, 2.05) is 0 Å². The fourth-order valence-corrected chi connectivity index (χ4v) is 1.65. The fraction of sp³-hybridized carbons (Fsp3) is 1.00. The van der Waals surface area contributed by atoms with E-state index in [1.54, 1.807) is 0 Å². The van der Waals surface area contributed by atoms with Gasteiger partial charge in [-0.05, 0) is 31.8 Å². The largest absolute Gasteiger partial charge is 0.317 e. The molecular formula is C11H25N. The first-order valence-electron chi connectivity index (χ1n) is 5.55. The molecule has 0 aliphatic carbocycles. The molecule has 0 aromatic heterocycles. The molecule has 0 aromatic carbocycles. The third-order valence-corrected chi connectivity index (χ3v) is 2.49. The average molecular weight is 171 g/mol. The van der Waals surface area contributed by atoms with Crippen molar-refractivity contribution >= 4 is 0 Å². The highest BCUT2D eigenvalue weighted by molar-refractivity contribution is 4.57. The number of hydrogen-bond acceptors (Lipinski definition) is 1. The van der Waals surface area contributed by atoms with Crippen molar-refractivity contribution in [1.82, 2.24) is 5.32 Å². The Morgan fingerprint density at radius 3 is 2.33 bits per heavy atom. The quantitative estimate of drug-likeness (QED) is 0.553. The molecule has 0 fully saturated rings. The van der Waals surface area contributed by atoms with Crippen molar-refractivity contribution in [3.05, 3.63) is 0 Å². The summed E-state index contributed by atoms with van der Waals surface area (Å²) in [5, 5.41) is 3.37. The minimum atomic E-state index is 0.980. The van der Waals surface area contributed by atoms with E-state index >= 15 is 0 Å². The van der Waals surface area contributed by atoms with Gasteiger partial charge in [0.1, 0.15) is 0 Å². The van der Waals surface area contributed by atoms with Gasteiger partial charge in [0.15, 0.2) is 0 Å². The predicted octanol–water partition coefficient (Wildman–Crippen LogP) is 3.20. The van der Waals surface area contributed by atoms with Gasteiger partial charge in [-0.1, -0.05) is 40.0 Å². The molecule has 0 aromatic rings. The molecule has 0 bridgehead atoms. The highest BCUT2D eigenvalue weighted by Gasteiger charge is 2.03. The van der Waals surface area contributed by atoms with E-state index in [0.717, 1.165) is 12.5 Å². The molecule has 0 aliphatic heterocycles. The van der Waals surface area contributed by atoms with E-state index < -0.39 is 0 Å². The van der Waals surface area contributed by atoms with Crippen molar-refractivity contribution in [1.29, 1.82) is 0 Å². The summed E-state index contributed by atoms with van der Waals surface area (Å²) >= 11 is 0. The molecule has 0 amide bonds. The van der Waals surface area contributed by atoms with Crippen molar-refractivity contribution in [2.24, 2.45) is 5.92 Å². The van der Waals surface area contributed by atoms with Crippen molar-refractivity contribution in [2.45, 2.75) is 52.9 Å². The summed E-state index contributed by atoms with van der Waals surface area (Å²) < 4.78 is 0. The zero-order valence-corrected chi connectivity index (χ0v) is 9.03. The summed E-state index contributed by atoms with van der Waals surface area (Å²) in [5.74, 6) is 0.980. The second-order valence-electron chi connectivity index (χ2n) is 3.56. The van der Waals surface area contributed by atoms with Crippen LogP contribution in [0.2, 0.25) is 0 Å². The Kier molecular flexibility index (Phi) is 9.02. The zero-order valence-electron chi connectivity index (χ0n) is 9.03. The molecular weight excluding hydrogens is 146 g/mol. The van der Waals surface area contributed by atoms with Gasteiger partial charge in [-0.25, -0.2) is 0 Å². The molecule has 0 spiro atoms. The lowest BCUT2D eigenvalue weighted by Gasteiger charge is -2.12. The standard InChI is InChI=1S/C11H25N/c1-4-8-11(5-2)9-7-10-12-6-3/h11-12H,4-10H2,1-3H3. The second-order valence-corrected chi connectivity index (χ2v) is 3.56. The molecule has 12 heavy (non-hydrogen) atoms. The predicted molar refractivity (Wildman–Crippen MR) is 56.5 cm³/mol. The molecule has 0 radical (unpaired) electrons. The second kappa shape index (κ2) is 9.05. The first-order valence-corrected chi connectivity index (χ1v) is 5.55. The van der Waals surface area contributed by atoms with Crippen LogP contribution in [0.4, 0.5) is 0 Å². The lowest BCUT2D eigenvalue weighted by Crippen LogP contribution is -2.15. The maximum absolute atomic E-state index is 3.37. The van der Waals surface area contributed by atoms with Crippen LogP contribution in [-0.2, 0) is 0 Å². The van der Waals surface area contributed by atoms with Crippen LogP contribution in [0.25, 0.3) is 0 Å². The summed E-state index contributed by atoms with van der Waals surface area (Å²) in [7, 11) is 0. The Morgan fingerprint density at radius 2 is 1.83 bits per heavy atom. The topological polar surface area (TPSA) is 12.0 Å². The first-order chi connectivity index (χ1) is 5.85. The first kappa shape index (κ1) is 12.0. The molecule has 0 heterocycles. The van der Waals surface area contributed by atoms with Crippen molar-refractivity contribution in [2.75, 3.05) is 13.1 Å². The normalized spacial score (nSPS) is 13.2. The van der Waals surface area contributed by atoms with Gasteiger partial charge in [-0.3, -0.25) is 0 Å². The summed E-state index contributed by atoms with van der Waals surface area (Å²) in [6.07, 6.45) is 6.89. The van der Waals surface area contributed by atoms with E-state index in [2.05, 4.69) is 26.1 Å². The van der Waals surface area contributed by atoms with Crippen LogP contribution in [0.3, 0.4) is 0 Å². The maximum Gasteiger partial charge on any atom is -0.00489 e. The molecule has 1 atom stereocenters. The Labute approximate surface area is 77.9 Å². The van der Waals surface area contributed by atoms with E-state index in [4.69, 9.17) is 0 Å². The highest BCUT2D eigenvalue weighted by atomic mass is 14.8. The van der Waals surface area contributed by atoms with Crippen LogP contribution in [0.15, 0.2) is 0 Å². The van der Waals surface area contributed by atoms with Crippen molar-refractivity contribution in [3.63, 3.8) is 0 Å². The molecule has 1 heteroatoms. The van der Waals surface area contributed by atoms with Gasteiger partial charge >= 0.3 is 0 Å². The summed E-state index contributed by atoms with van der Waals surface area (Å²) in [6, 6.07) is 0. The minimum absolute atomic E-state index is 0.980. The smallest absolute Gasteiger partial charge is 0.00489 e. The molecule has 1 nitrogen and oxygen atoms in total. The van der Waals surface area contributed by atoms with Crippen LogP contribution in [0, 0.1) is 5.92 Å². The molecule has 0 rings (SSSR count). The SMILES string of the molecule is CCCC(CC)CCCNCC. The van der Waals surface area contributed by atoms with Crippen LogP contribution in [0.5, 0.6) is 0 Å². The van der Waals surface area contributed by atoms with Gasteiger partial charge in [0, 0.05) is 0 Å². The van der Waals surface area contributed by atoms with E-state index in [9.17, 15) is 0 Å². The third-order valence-electron chi connectivity index (χ3n) is 2.49. The number of nitrogens with one attached hydrogen (secondary N) is 1. The zero-order chi connectivity index (χ0) is 9.23. The molecule has 0 aliphatic rings. The fourth-order valence-electron chi connectivity index (χ4n) is 1.65. The highest BCUT2D eigenvalue weighted by Crippen LogP contribution is 2.16. The van der Waals surface area contributed by atoms with Gasteiger partial charge in [0.05, 0.1) is 0 Å². The van der Waals surface area contributed by atoms with Gasteiger partial charge in [-0.2, -0.15) is 0 Å². The van der Waals surface area contributed by atoms with Gasteiger partial charge in [0.25, 0.3) is 0 Å². The molecule has 1 unspecified atom stereocenters. The van der Waals surface area contributed by atoms with Crippen molar-refractivity contribution < 1.29 is 0 Å². The van der Waals surface area contributed by atoms with Gasteiger partial charge in [0.2, 0.25) is 0 Å².